The second kappa shape index (κ2) is 6.76. The van der Waals surface area contributed by atoms with Crippen LogP contribution < -0.4 is 4.72 Å². The first-order valence-electron chi connectivity index (χ1n) is 6.97. The van der Waals surface area contributed by atoms with Crippen molar-refractivity contribution in [2.24, 2.45) is 0 Å². The van der Waals surface area contributed by atoms with Gasteiger partial charge in [0.25, 0.3) is 20.1 Å². The quantitative estimate of drug-likeness (QED) is 0.621. The van der Waals surface area contributed by atoms with E-state index in [9.17, 15) is 21.2 Å². The highest BCUT2D eigenvalue weighted by Crippen LogP contribution is 2.29. The van der Waals surface area contributed by atoms with Crippen LogP contribution in [0, 0.1) is 5.82 Å². The lowest BCUT2D eigenvalue weighted by atomic mass is 10.2. The maximum absolute atomic E-state index is 13.0. The molecule has 3 aromatic rings. The van der Waals surface area contributed by atoms with Crippen molar-refractivity contribution >= 4 is 37.2 Å². The molecule has 0 saturated carbocycles. The van der Waals surface area contributed by atoms with Gasteiger partial charge in [0.15, 0.2) is 4.21 Å². The van der Waals surface area contributed by atoms with Gasteiger partial charge in [-0.2, -0.15) is 8.42 Å². The molecule has 0 radical (unpaired) electrons. The van der Waals surface area contributed by atoms with Crippen molar-refractivity contribution in [3.05, 3.63) is 60.5 Å². The van der Waals surface area contributed by atoms with E-state index in [-0.39, 0.29) is 14.8 Å². The highest BCUT2D eigenvalue weighted by Gasteiger charge is 2.19. The lowest BCUT2D eigenvalue weighted by Crippen LogP contribution is -2.11. The third-order valence-electron chi connectivity index (χ3n) is 3.24. The summed E-state index contributed by atoms with van der Waals surface area (Å²) in [4.78, 5) is 3.68. The standard InChI is InChI=1S/C15H11FN2O5S3/c16-11-3-1-10(2-4-11)15-17-9-14(24-15)25(19,20)18-12-5-7-13(8-6-12)26(21,22)23/h1-9,18H,(H,21,22,23). The van der Waals surface area contributed by atoms with E-state index >= 15 is 0 Å². The van der Waals surface area contributed by atoms with Crippen molar-refractivity contribution in [1.29, 1.82) is 0 Å². The van der Waals surface area contributed by atoms with Gasteiger partial charge in [0.1, 0.15) is 10.8 Å². The van der Waals surface area contributed by atoms with E-state index in [0.29, 0.717) is 10.6 Å². The van der Waals surface area contributed by atoms with Gasteiger partial charge < -0.3 is 0 Å². The maximum Gasteiger partial charge on any atom is 0.294 e. The topological polar surface area (TPSA) is 113 Å². The Labute approximate surface area is 153 Å². The predicted molar refractivity (Wildman–Crippen MR) is 94.6 cm³/mol. The molecular formula is C15H11FN2O5S3. The summed E-state index contributed by atoms with van der Waals surface area (Å²) < 4.78 is 70.9. The van der Waals surface area contributed by atoms with Gasteiger partial charge in [-0.15, -0.1) is 11.3 Å². The normalized spacial score (nSPS) is 12.1. The number of sulfonamides is 1. The minimum Gasteiger partial charge on any atom is -0.282 e. The van der Waals surface area contributed by atoms with Gasteiger partial charge in [-0.1, -0.05) is 0 Å². The molecule has 136 valence electrons. The van der Waals surface area contributed by atoms with Crippen LogP contribution in [-0.2, 0) is 20.1 Å². The average molecular weight is 414 g/mol. The van der Waals surface area contributed by atoms with Crippen molar-refractivity contribution in [3.63, 3.8) is 0 Å². The summed E-state index contributed by atoms with van der Waals surface area (Å²) in [6, 6.07) is 10.1. The van der Waals surface area contributed by atoms with Crippen LogP contribution in [0.15, 0.2) is 63.8 Å². The number of halogens is 1. The summed E-state index contributed by atoms with van der Waals surface area (Å²) in [5.74, 6) is -0.409. The van der Waals surface area contributed by atoms with E-state index in [2.05, 4.69) is 9.71 Å². The zero-order valence-electron chi connectivity index (χ0n) is 12.8. The molecule has 2 N–H and O–H groups in total. The molecule has 0 unspecified atom stereocenters. The molecule has 0 bridgehead atoms. The molecule has 0 amide bonds. The fourth-order valence-corrected chi connectivity index (χ4v) is 4.68. The Kier molecular flexibility index (Phi) is 4.80. The summed E-state index contributed by atoms with van der Waals surface area (Å²) in [6.45, 7) is 0. The monoisotopic (exact) mass is 414 g/mol. The third-order valence-corrected chi connectivity index (χ3v) is 7.00. The van der Waals surface area contributed by atoms with E-state index in [1.807, 2.05) is 0 Å². The van der Waals surface area contributed by atoms with E-state index in [1.54, 1.807) is 0 Å². The largest absolute Gasteiger partial charge is 0.294 e. The van der Waals surface area contributed by atoms with Crippen LogP contribution >= 0.6 is 11.3 Å². The van der Waals surface area contributed by atoms with E-state index < -0.39 is 26.0 Å². The zero-order valence-corrected chi connectivity index (χ0v) is 15.3. The first-order chi connectivity index (χ1) is 12.1. The first kappa shape index (κ1) is 18.5. The molecule has 0 saturated heterocycles. The Morgan fingerprint density at radius 3 is 2.15 bits per heavy atom. The highest BCUT2D eigenvalue weighted by molar-refractivity contribution is 7.94. The number of benzene rings is 2. The summed E-state index contributed by atoms with van der Waals surface area (Å²) in [7, 11) is -8.29. The maximum atomic E-state index is 13.0. The molecule has 0 aliphatic carbocycles. The minimum absolute atomic E-state index is 0.0596. The Morgan fingerprint density at radius 1 is 0.962 bits per heavy atom. The molecule has 11 heteroatoms. The summed E-state index contributed by atoms with van der Waals surface area (Å²) in [5, 5.41) is 0.409. The van der Waals surface area contributed by atoms with Crippen LogP contribution in [0.4, 0.5) is 10.1 Å². The minimum atomic E-state index is -4.36. The van der Waals surface area contributed by atoms with Gasteiger partial charge in [0, 0.05) is 11.3 Å². The summed E-state index contributed by atoms with van der Waals surface area (Å²) >= 11 is 0.906. The number of rotatable bonds is 5. The number of hydrogen-bond donors (Lipinski definition) is 2. The number of hydrogen-bond acceptors (Lipinski definition) is 6. The van der Waals surface area contributed by atoms with E-state index in [0.717, 1.165) is 23.5 Å². The highest BCUT2D eigenvalue weighted by atomic mass is 32.2. The van der Waals surface area contributed by atoms with Crippen LogP contribution in [0.3, 0.4) is 0 Å². The smallest absolute Gasteiger partial charge is 0.282 e. The SMILES string of the molecule is O=S(=O)(O)c1ccc(NS(=O)(=O)c2cnc(-c3ccc(F)cc3)s2)cc1. The van der Waals surface area contributed by atoms with Gasteiger partial charge in [0.05, 0.1) is 11.1 Å². The fraction of sp³-hybridized carbons (Fsp3) is 0. The van der Waals surface area contributed by atoms with Crippen molar-refractivity contribution in [2.75, 3.05) is 4.72 Å². The molecule has 0 spiro atoms. The fourth-order valence-electron chi connectivity index (χ4n) is 2.01. The van der Waals surface area contributed by atoms with Gasteiger partial charge in [-0.05, 0) is 48.5 Å². The molecule has 0 atom stereocenters. The van der Waals surface area contributed by atoms with Gasteiger partial charge >= 0.3 is 0 Å². The second-order valence-electron chi connectivity index (χ2n) is 5.10. The Morgan fingerprint density at radius 2 is 1.58 bits per heavy atom. The van der Waals surface area contributed by atoms with Crippen LogP contribution in [0.5, 0.6) is 0 Å². The molecule has 7 nitrogen and oxygen atoms in total. The molecule has 1 heterocycles. The molecule has 26 heavy (non-hydrogen) atoms. The van der Waals surface area contributed by atoms with Crippen LogP contribution in [0.2, 0.25) is 0 Å². The summed E-state index contributed by atoms with van der Waals surface area (Å²) in [5.41, 5.74) is 0.699. The second-order valence-corrected chi connectivity index (χ2v) is 9.46. The molecule has 3 rings (SSSR count). The molecular weight excluding hydrogens is 403 g/mol. The van der Waals surface area contributed by atoms with E-state index in [1.165, 1.54) is 42.6 Å². The molecule has 2 aromatic carbocycles. The summed E-state index contributed by atoms with van der Waals surface area (Å²) in [6.07, 6.45) is 1.18. The van der Waals surface area contributed by atoms with Gasteiger partial charge in [0.2, 0.25) is 0 Å². The number of anilines is 1. The van der Waals surface area contributed by atoms with Crippen molar-refractivity contribution in [1.82, 2.24) is 4.98 Å². The molecule has 0 aliphatic rings. The lowest BCUT2D eigenvalue weighted by Gasteiger charge is -2.06. The van der Waals surface area contributed by atoms with Crippen LogP contribution in [0.1, 0.15) is 0 Å². The molecule has 0 aliphatic heterocycles. The van der Waals surface area contributed by atoms with Crippen LogP contribution in [0.25, 0.3) is 10.6 Å². The number of nitrogens with one attached hydrogen (secondary N) is 1. The Hall–Kier alpha value is -2.34. The van der Waals surface area contributed by atoms with Crippen LogP contribution in [-0.4, -0.2) is 26.4 Å². The van der Waals surface area contributed by atoms with Gasteiger partial charge in [-0.3, -0.25) is 9.27 Å². The lowest BCUT2D eigenvalue weighted by molar-refractivity contribution is 0.483. The first-order valence-corrected chi connectivity index (χ1v) is 10.7. The Bertz CT molecular complexity index is 1140. The number of nitrogens with zero attached hydrogens (tertiary/aromatic N) is 1. The average Bonchev–Trinajstić information content (AvgIpc) is 3.06. The van der Waals surface area contributed by atoms with Crippen molar-refractivity contribution in [2.45, 2.75) is 9.10 Å². The Balaban J connectivity index is 1.84. The number of thiazole rings is 1. The molecule has 1 aromatic heterocycles. The van der Waals surface area contributed by atoms with Gasteiger partial charge in [-0.25, -0.2) is 17.8 Å². The zero-order chi connectivity index (χ0) is 18.9. The third kappa shape index (κ3) is 4.07. The van der Waals surface area contributed by atoms with E-state index in [4.69, 9.17) is 4.55 Å². The predicted octanol–water partition coefficient (Wildman–Crippen LogP) is 3.00. The molecule has 0 fully saturated rings. The van der Waals surface area contributed by atoms with Crippen molar-refractivity contribution < 1.29 is 25.8 Å². The van der Waals surface area contributed by atoms with Crippen molar-refractivity contribution in [3.8, 4) is 10.6 Å². The number of aromatic nitrogens is 1.